The molecule has 0 aromatic carbocycles. The highest BCUT2D eigenvalue weighted by atomic mass is 32.2. The van der Waals surface area contributed by atoms with E-state index in [0.29, 0.717) is 6.04 Å². The van der Waals surface area contributed by atoms with E-state index in [1.807, 2.05) is 0 Å². The lowest BCUT2D eigenvalue weighted by Gasteiger charge is -2.28. The monoisotopic (exact) mass is 229 g/mol. The third-order valence-corrected chi connectivity index (χ3v) is 4.83. The van der Waals surface area contributed by atoms with Crippen LogP contribution in [0.1, 0.15) is 53.4 Å². The highest BCUT2D eigenvalue weighted by Gasteiger charge is 2.28. The van der Waals surface area contributed by atoms with Crippen LogP contribution in [0.2, 0.25) is 0 Å². The molecule has 3 atom stereocenters. The molecule has 0 aromatic heterocycles. The molecule has 1 aliphatic carbocycles. The van der Waals surface area contributed by atoms with Gasteiger partial charge in [0, 0.05) is 17.3 Å². The van der Waals surface area contributed by atoms with Gasteiger partial charge >= 0.3 is 0 Å². The minimum absolute atomic E-state index is 0.716. The van der Waals surface area contributed by atoms with Crippen molar-refractivity contribution in [1.82, 2.24) is 5.32 Å². The van der Waals surface area contributed by atoms with E-state index < -0.39 is 0 Å². The molecule has 1 fully saturated rings. The Kier molecular flexibility index (Phi) is 6.06. The van der Waals surface area contributed by atoms with E-state index >= 15 is 0 Å². The van der Waals surface area contributed by atoms with Crippen LogP contribution in [0, 0.1) is 5.92 Å². The van der Waals surface area contributed by atoms with Crippen molar-refractivity contribution in [3.8, 4) is 0 Å². The quantitative estimate of drug-likeness (QED) is 0.745. The van der Waals surface area contributed by atoms with Gasteiger partial charge in [0.15, 0.2) is 0 Å². The first kappa shape index (κ1) is 13.4. The van der Waals surface area contributed by atoms with Crippen LogP contribution in [0.4, 0.5) is 0 Å². The van der Waals surface area contributed by atoms with E-state index in [-0.39, 0.29) is 0 Å². The highest BCUT2D eigenvalue weighted by Crippen LogP contribution is 2.30. The van der Waals surface area contributed by atoms with Crippen LogP contribution in [0.5, 0.6) is 0 Å². The van der Waals surface area contributed by atoms with Crippen LogP contribution in [-0.2, 0) is 0 Å². The Bertz CT molecular complexity index is 170. The van der Waals surface area contributed by atoms with Crippen LogP contribution < -0.4 is 5.32 Å². The second kappa shape index (κ2) is 6.80. The molecule has 2 heteroatoms. The molecule has 0 bridgehead atoms. The summed E-state index contributed by atoms with van der Waals surface area (Å²) in [5.74, 6) is 2.03. The van der Waals surface area contributed by atoms with Crippen molar-refractivity contribution in [2.75, 3.05) is 5.75 Å². The van der Waals surface area contributed by atoms with Crippen LogP contribution in [-0.4, -0.2) is 23.1 Å². The molecule has 1 aliphatic rings. The molecular formula is C13H27NS. The summed E-state index contributed by atoms with van der Waals surface area (Å²) < 4.78 is 0. The van der Waals surface area contributed by atoms with E-state index in [4.69, 9.17) is 0 Å². The maximum absolute atomic E-state index is 3.88. The Morgan fingerprint density at radius 1 is 1.27 bits per heavy atom. The number of hydrogen-bond acceptors (Lipinski definition) is 2. The molecule has 90 valence electrons. The molecule has 1 nitrogen and oxygen atoms in total. The second-order valence-electron chi connectivity index (χ2n) is 4.96. The zero-order chi connectivity index (χ0) is 11.3. The molecule has 0 aromatic rings. The summed E-state index contributed by atoms with van der Waals surface area (Å²) >= 11 is 2.15. The Morgan fingerprint density at radius 3 is 2.53 bits per heavy atom. The van der Waals surface area contributed by atoms with Crippen LogP contribution in [0.3, 0.4) is 0 Å². The standard InChI is InChI=1S/C13H27NS/c1-5-11(10(3)4)14-12-8-7-9-13(12)15-6-2/h10-14H,5-9H2,1-4H3. The van der Waals surface area contributed by atoms with Gasteiger partial charge in [0.1, 0.15) is 0 Å². The van der Waals surface area contributed by atoms with E-state index in [2.05, 4.69) is 44.8 Å². The average Bonchev–Trinajstić information content (AvgIpc) is 2.62. The molecule has 0 heterocycles. The number of thioether (sulfide) groups is 1. The van der Waals surface area contributed by atoms with Gasteiger partial charge in [0.05, 0.1) is 0 Å². The molecule has 0 amide bonds. The van der Waals surface area contributed by atoms with E-state index in [1.165, 1.54) is 31.4 Å². The smallest absolute Gasteiger partial charge is 0.0201 e. The second-order valence-corrected chi connectivity index (χ2v) is 6.47. The Hall–Kier alpha value is 0.310. The minimum Gasteiger partial charge on any atom is -0.310 e. The summed E-state index contributed by atoms with van der Waals surface area (Å²) in [6.07, 6.45) is 5.49. The summed E-state index contributed by atoms with van der Waals surface area (Å²) in [4.78, 5) is 0. The van der Waals surface area contributed by atoms with Crippen LogP contribution in [0.25, 0.3) is 0 Å². The lowest BCUT2D eigenvalue weighted by Crippen LogP contribution is -2.43. The van der Waals surface area contributed by atoms with Gasteiger partial charge in [0.25, 0.3) is 0 Å². The number of rotatable bonds is 6. The Labute approximate surface area is 99.8 Å². The molecule has 1 rings (SSSR count). The summed E-state index contributed by atoms with van der Waals surface area (Å²) in [6, 6.07) is 1.50. The third-order valence-electron chi connectivity index (χ3n) is 3.51. The van der Waals surface area contributed by atoms with Gasteiger partial charge in [-0.3, -0.25) is 0 Å². The van der Waals surface area contributed by atoms with Crippen molar-refractivity contribution in [3.05, 3.63) is 0 Å². The van der Waals surface area contributed by atoms with Crippen LogP contribution in [0.15, 0.2) is 0 Å². The van der Waals surface area contributed by atoms with E-state index in [0.717, 1.165) is 17.2 Å². The molecule has 1 N–H and O–H groups in total. The Morgan fingerprint density at radius 2 is 2.00 bits per heavy atom. The lowest BCUT2D eigenvalue weighted by molar-refractivity contribution is 0.347. The fraction of sp³-hybridized carbons (Fsp3) is 1.00. The van der Waals surface area contributed by atoms with Gasteiger partial charge in [0.2, 0.25) is 0 Å². The van der Waals surface area contributed by atoms with Gasteiger partial charge in [-0.25, -0.2) is 0 Å². The first-order valence-corrected chi connectivity index (χ1v) is 7.61. The molecule has 0 radical (unpaired) electrons. The predicted octanol–water partition coefficient (Wildman–Crippen LogP) is 3.68. The normalized spacial score (nSPS) is 28.6. The van der Waals surface area contributed by atoms with Crippen molar-refractivity contribution in [2.24, 2.45) is 5.92 Å². The zero-order valence-corrected chi connectivity index (χ0v) is 11.6. The summed E-state index contributed by atoms with van der Waals surface area (Å²) in [5.41, 5.74) is 0. The van der Waals surface area contributed by atoms with Gasteiger partial charge < -0.3 is 5.32 Å². The molecule has 0 saturated heterocycles. The van der Waals surface area contributed by atoms with E-state index in [1.54, 1.807) is 0 Å². The molecule has 15 heavy (non-hydrogen) atoms. The summed E-state index contributed by atoms with van der Waals surface area (Å²) in [5, 5.41) is 4.76. The minimum atomic E-state index is 0.716. The SMILES string of the molecule is CCSC1CCCC1NC(CC)C(C)C. The lowest BCUT2D eigenvalue weighted by atomic mass is 10.0. The molecule has 1 saturated carbocycles. The van der Waals surface area contributed by atoms with Crippen molar-refractivity contribution in [3.63, 3.8) is 0 Å². The fourth-order valence-electron chi connectivity index (χ4n) is 2.59. The fourth-order valence-corrected chi connectivity index (χ4v) is 3.80. The maximum atomic E-state index is 3.88. The maximum Gasteiger partial charge on any atom is 0.0201 e. The first-order chi connectivity index (χ1) is 7.19. The van der Waals surface area contributed by atoms with Crippen LogP contribution >= 0.6 is 11.8 Å². The van der Waals surface area contributed by atoms with E-state index in [9.17, 15) is 0 Å². The first-order valence-electron chi connectivity index (χ1n) is 6.56. The third kappa shape index (κ3) is 3.99. The van der Waals surface area contributed by atoms with Gasteiger partial charge in [-0.2, -0.15) is 11.8 Å². The number of hydrogen-bond donors (Lipinski definition) is 1. The summed E-state index contributed by atoms with van der Waals surface area (Å²) in [6.45, 7) is 9.24. The van der Waals surface area contributed by atoms with Gasteiger partial charge in [-0.05, 0) is 30.9 Å². The largest absolute Gasteiger partial charge is 0.310 e. The van der Waals surface area contributed by atoms with Crippen molar-refractivity contribution in [2.45, 2.75) is 70.7 Å². The number of nitrogens with one attached hydrogen (secondary N) is 1. The Balaban J connectivity index is 2.41. The zero-order valence-electron chi connectivity index (χ0n) is 10.8. The topological polar surface area (TPSA) is 12.0 Å². The molecule has 0 spiro atoms. The highest BCUT2D eigenvalue weighted by molar-refractivity contribution is 7.99. The molecule has 0 aliphatic heterocycles. The predicted molar refractivity (Wildman–Crippen MR) is 71.6 cm³/mol. The van der Waals surface area contributed by atoms with Crippen molar-refractivity contribution >= 4 is 11.8 Å². The van der Waals surface area contributed by atoms with Gasteiger partial charge in [-0.1, -0.05) is 34.1 Å². The van der Waals surface area contributed by atoms with Crippen molar-refractivity contribution < 1.29 is 0 Å². The van der Waals surface area contributed by atoms with Crippen molar-refractivity contribution in [1.29, 1.82) is 0 Å². The van der Waals surface area contributed by atoms with Gasteiger partial charge in [-0.15, -0.1) is 0 Å². The average molecular weight is 229 g/mol. The summed E-state index contributed by atoms with van der Waals surface area (Å²) in [7, 11) is 0. The molecule has 3 unspecified atom stereocenters. The molecular weight excluding hydrogens is 202 g/mol.